The van der Waals surface area contributed by atoms with Gasteiger partial charge in [0, 0.05) is 24.2 Å². The number of carbonyl (C=O) groups excluding carboxylic acids is 1. The van der Waals surface area contributed by atoms with Crippen molar-refractivity contribution >= 4 is 33.0 Å². The summed E-state index contributed by atoms with van der Waals surface area (Å²) in [5, 5.41) is 2.43. The molecule has 0 saturated carbocycles. The number of hydrogen-bond donors (Lipinski definition) is 0. The summed E-state index contributed by atoms with van der Waals surface area (Å²) in [6.45, 7) is 2.40. The van der Waals surface area contributed by atoms with Gasteiger partial charge in [-0.3, -0.25) is 4.79 Å². The second kappa shape index (κ2) is 8.61. The molecule has 2 heterocycles. The Labute approximate surface area is 192 Å². The van der Waals surface area contributed by atoms with Crippen molar-refractivity contribution in [3.63, 3.8) is 0 Å². The van der Waals surface area contributed by atoms with Crippen LogP contribution in [-0.4, -0.2) is 37.1 Å². The molecule has 168 valence electrons. The fraction of sp³-hybridized carbons (Fsp3) is 0.200. The van der Waals surface area contributed by atoms with Crippen molar-refractivity contribution in [3.8, 4) is 11.3 Å². The number of carbonyl (C=O) groups is 1. The van der Waals surface area contributed by atoms with Gasteiger partial charge in [0.15, 0.2) is 5.13 Å². The van der Waals surface area contributed by atoms with Gasteiger partial charge in [-0.15, -0.1) is 0 Å². The van der Waals surface area contributed by atoms with Crippen molar-refractivity contribution in [2.75, 3.05) is 31.2 Å². The molecule has 33 heavy (non-hydrogen) atoms. The van der Waals surface area contributed by atoms with Crippen molar-refractivity contribution in [1.29, 1.82) is 0 Å². The van der Waals surface area contributed by atoms with E-state index in [1.807, 2.05) is 41.3 Å². The monoisotopic (exact) mass is 468 g/mol. The number of benzene rings is 3. The average molecular weight is 469 g/mol. The number of fused-ring (bicyclic) bond motifs is 1. The van der Waals surface area contributed by atoms with Gasteiger partial charge in [0.2, 0.25) is 5.78 Å². The van der Waals surface area contributed by atoms with Crippen LogP contribution in [0.4, 0.5) is 18.3 Å². The van der Waals surface area contributed by atoms with Crippen molar-refractivity contribution < 1.29 is 22.7 Å². The third-order valence-electron chi connectivity index (χ3n) is 5.62. The van der Waals surface area contributed by atoms with Gasteiger partial charge >= 0.3 is 6.18 Å². The van der Waals surface area contributed by atoms with E-state index < -0.39 is 11.7 Å². The zero-order chi connectivity index (χ0) is 23.0. The predicted molar refractivity (Wildman–Crippen MR) is 123 cm³/mol. The minimum Gasteiger partial charge on any atom is -0.378 e. The molecule has 4 nitrogen and oxygen atoms in total. The molecule has 0 aliphatic carbocycles. The Bertz CT molecular complexity index is 1300. The molecule has 1 aromatic heterocycles. The van der Waals surface area contributed by atoms with Gasteiger partial charge in [0.05, 0.1) is 24.5 Å². The van der Waals surface area contributed by atoms with E-state index >= 15 is 0 Å². The van der Waals surface area contributed by atoms with Crippen LogP contribution < -0.4 is 4.90 Å². The Morgan fingerprint density at radius 2 is 1.64 bits per heavy atom. The van der Waals surface area contributed by atoms with Crippen molar-refractivity contribution in [1.82, 2.24) is 4.98 Å². The number of nitrogens with zero attached hydrogens (tertiary/aromatic N) is 2. The van der Waals surface area contributed by atoms with Crippen LogP contribution in [-0.2, 0) is 10.9 Å². The number of halogens is 3. The van der Waals surface area contributed by atoms with Gasteiger partial charge in [0.25, 0.3) is 0 Å². The van der Waals surface area contributed by atoms with Crippen LogP contribution in [0.25, 0.3) is 22.0 Å². The van der Waals surface area contributed by atoms with E-state index in [1.54, 1.807) is 6.07 Å². The molecule has 1 fully saturated rings. The highest BCUT2D eigenvalue weighted by atomic mass is 32.1. The lowest BCUT2D eigenvalue weighted by Gasteiger charge is -2.26. The van der Waals surface area contributed by atoms with Crippen LogP contribution in [0.15, 0.2) is 66.7 Å². The fourth-order valence-electron chi connectivity index (χ4n) is 3.91. The quantitative estimate of drug-likeness (QED) is 0.342. The number of thiazole rings is 1. The van der Waals surface area contributed by atoms with Gasteiger partial charge < -0.3 is 9.64 Å². The first-order valence-corrected chi connectivity index (χ1v) is 11.3. The Balaban J connectivity index is 1.62. The summed E-state index contributed by atoms with van der Waals surface area (Å²) in [5.74, 6) is -0.196. The number of anilines is 1. The molecule has 0 radical (unpaired) electrons. The Kier molecular flexibility index (Phi) is 5.64. The highest BCUT2D eigenvalue weighted by molar-refractivity contribution is 7.18. The van der Waals surface area contributed by atoms with Gasteiger partial charge in [-0.1, -0.05) is 65.9 Å². The molecule has 3 aromatic carbocycles. The molecule has 0 bridgehead atoms. The molecule has 1 aliphatic heterocycles. The lowest BCUT2D eigenvalue weighted by molar-refractivity contribution is -0.137. The minimum atomic E-state index is -4.43. The number of rotatable bonds is 4. The smallest absolute Gasteiger partial charge is 0.378 e. The first-order chi connectivity index (χ1) is 15.9. The van der Waals surface area contributed by atoms with Crippen LogP contribution >= 0.6 is 11.3 Å². The minimum absolute atomic E-state index is 0.196. The molecule has 0 spiro atoms. The van der Waals surface area contributed by atoms with E-state index in [0.29, 0.717) is 53.1 Å². The number of ketones is 1. The Morgan fingerprint density at radius 3 is 2.36 bits per heavy atom. The topological polar surface area (TPSA) is 42.4 Å². The van der Waals surface area contributed by atoms with Crippen LogP contribution in [0.5, 0.6) is 0 Å². The van der Waals surface area contributed by atoms with Crippen LogP contribution in [0.2, 0.25) is 0 Å². The molecule has 5 rings (SSSR count). The van der Waals surface area contributed by atoms with E-state index in [-0.39, 0.29) is 5.78 Å². The average Bonchev–Trinajstić information content (AvgIpc) is 3.29. The lowest BCUT2D eigenvalue weighted by atomic mass is 9.99. The first kappa shape index (κ1) is 21.6. The van der Waals surface area contributed by atoms with E-state index in [2.05, 4.69) is 0 Å². The predicted octanol–water partition coefficient (Wildman–Crippen LogP) is 6.05. The largest absolute Gasteiger partial charge is 0.416 e. The Hall–Kier alpha value is -3.23. The maximum atomic E-state index is 13.7. The number of ether oxygens (including phenoxy) is 1. The van der Waals surface area contributed by atoms with Gasteiger partial charge in [-0.25, -0.2) is 4.98 Å². The highest BCUT2D eigenvalue weighted by Gasteiger charge is 2.31. The number of hydrogen-bond acceptors (Lipinski definition) is 5. The van der Waals surface area contributed by atoms with Crippen LogP contribution in [0, 0.1) is 0 Å². The number of alkyl halides is 3. The van der Waals surface area contributed by atoms with Gasteiger partial charge in [-0.05, 0) is 22.9 Å². The Morgan fingerprint density at radius 1 is 0.939 bits per heavy atom. The zero-order valence-corrected chi connectivity index (χ0v) is 18.2. The normalized spacial score (nSPS) is 14.6. The molecule has 0 N–H and O–H groups in total. The lowest BCUT2D eigenvalue weighted by Crippen LogP contribution is -2.36. The summed E-state index contributed by atoms with van der Waals surface area (Å²) >= 11 is 1.27. The molecular formula is C25H19F3N2O2S. The van der Waals surface area contributed by atoms with Crippen molar-refractivity contribution in [2.45, 2.75) is 6.18 Å². The molecule has 0 amide bonds. The number of morpholine rings is 1. The zero-order valence-electron chi connectivity index (χ0n) is 17.4. The molecule has 8 heteroatoms. The molecule has 0 atom stereocenters. The van der Waals surface area contributed by atoms with Crippen molar-refractivity contribution in [2.24, 2.45) is 0 Å². The molecule has 1 aliphatic rings. The highest BCUT2D eigenvalue weighted by Crippen LogP contribution is 2.37. The second-order valence-corrected chi connectivity index (χ2v) is 8.68. The van der Waals surface area contributed by atoms with E-state index in [9.17, 15) is 18.0 Å². The number of aromatic nitrogens is 1. The summed E-state index contributed by atoms with van der Waals surface area (Å²) in [6, 6.07) is 18.0. The van der Waals surface area contributed by atoms with Crippen molar-refractivity contribution in [3.05, 3.63) is 82.7 Å². The second-order valence-electron chi connectivity index (χ2n) is 7.70. The van der Waals surface area contributed by atoms with Gasteiger partial charge in [-0.2, -0.15) is 13.2 Å². The van der Waals surface area contributed by atoms with Gasteiger partial charge in [0.1, 0.15) is 4.88 Å². The fourth-order valence-corrected chi connectivity index (χ4v) is 5.01. The summed E-state index contributed by atoms with van der Waals surface area (Å²) in [5.41, 5.74) is 0.672. The van der Waals surface area contributed by atoms with Crippen LogP contribution in [0.1, 0.15) is 20.8 Å². The molecular weight excluding hydrogens is 449 g/mol. The molecule has 0 unspecified atom stereocenters. The van der Waals surface area contributed by atoms with E-state index in [4.69, 9.17) is 9.72 Å². The summed E-state index contributed by atoms with van der Waals surface area (Å²) in [4.78, 5) is 20.9. The maximum Gasteiger partial charge on any atom is 0.416 e. The molecule has 1 saturated heterocycles. The summed E-state index contributed by atoms with van der Waals surface area (Å²) in [7, 11) is 0. The van der Waals surface area contributed by atoms with E-state index in [0.717, 1.165) is 22.9 Å². The molecule has 4 aromatic rings. The van der Waals surface area contributed by atoms with Crippen LogP contribution in [0.3, 0.4) is 0 Å². The third-order valence-corrected chi connectivity index (χ3v) is 6.74. The first-order valence-electron chi connectivity index (χ1n) is 10.5. The van der Waals surface area contributed by atoms with E-state index in [1.165, 1.54) is 23.5 Å². The summed E-state index contributed by atoms with van der Waals surface area (Å²) < 4.78 is 44.6. The third kappa shape index (κ3) is 4.24. The summed E-state index contributed by atoms with van der Waals surface area (Å²) in [6.07, 6.45) is -4.43. The maximum absolute atomic E-state index is 13.7. The standard InChI is InChI=1S/C25H19F3N2O2S/c26-25(27,28)18-10-8-17(9-11-18)21-23(33-24(29-21)30-12-14-32-15-13-30)22(31)20-7-3-5-16-4-1-2-6-19(16)20/h1-11H,12-15H2. The SMILES string of the molecule is O=C(c1sc(N2CCOCC2)nc1-c1ccc(C(F)(F)F)cc1)c1cccc2ccccc12.